The molecule has 0 aliphatic carbocycles. The third-order valence-corrected chi connectivity index (χ3v) is 4.44. The summed E-state index contributed by atoms with van der Waals surface area (Å²) in [5.74, 6) is -0.0184. The Hall–Kier alpha value is -1.96. The number of hydrogen-bond acceptors (Lipinski definition) is 2. The van der Waals surface area contributed by atoms with Gasteiger partial charge in [-0.2, -0.15) is 0 Å². The highest BCUT2D eigenvalue weighted by molar-refractivity contribution is 5.81. The van der Waals surface area contributed by atoms with Crippen molar-refractivity contribution in [2.24, 2.45) is 0 Å². The van der Waals surface area contributed by atoms with E-state index in [1.165, 1.54) is 22.3 Å². The van der Waals surface area contributed by atoms with Crippen LogP contribution in [-0.2, 0) is 0 Å². The first-order chi connectivity index (χ1) is 9.27. The van der Waals surface area contributed by atoms with Crippen LogP contribution in [-0.4, -0.2) is 10.2 Å². The van der Waals surface area contributed by atoms with Crippen molar-refractivity contribution >= 4 is 0 Å². The molecular weight excluding hydrogens is 248 g/mol. The van der Waals surface area contributed by atoms with Crippen molar-refractivity contribution in [2.45, 2.75) is 41.5 Å². The van der Waals surface area contributed by atoms with Crippen molar-refractivity contribution in [3.63, 3.8) is 0 Å². The number of benzene rings is 2. The zero-order valence-corrected chi connectivity index (χ0v) is 13.0. The second-order valence-corrected chi connectivity index (χ2v) is 5.65. The molecule has 0 fully saturated rings. The minimum atomic E-state index is -0.0107. The average Bonchev–Trinajstić information content (AvgIpc) is 2.42. The molecule has 2 aromatic rings. The summed E-state index contributed by atoms with van der Waals surface area (Å²) >= 11 is 0. The quantitative estimate of drug-likeness (QED) is 0.743. The van der Waals surface area contributed by atoms with Crippen LogP contribution in [0.1, 0.15) is 33.4 Å². The molecule has 0 spiro atoms. The zero-order chi connectivity index (χ0) is 15.2. The first-order valence-corrected chi connectivity index (χ1v) is 6.86. The fourth-order valence-electron chi connectivity index (χ4n) is 2.83. The van der Waals surface area contributed by atoms with Gasteiger partial charge in [-0.05, 0) is 80.5 Å². The highest BCUT2D eigenvalue weighted by Gasteiger charge is 2.20. The van der Waals surface area contributed by atoms with E-state index in [1.807, 2.05) is 20.8 Å². The molecule has 0 aliphatic rings. The van der Waals surface area contributed by atoms with E-state index in [2.05, 4.69) is 32.9 Å². The lowest BCUT2D eigenvalue weighted by Crippen LogP contribution is -1.99. The molecule has 0 unspecified atom stereocenters. The van der Waals surface area contributed by atoms with Gasteiger partial charge in [0.1, 0.15) is 0 Å². The van der Waals surface area contributed by atoms with Gasteiger partial charge >= 0.3 is 0 Å². The van der Waals surface area contributed by atoms with Gasteiger partial charge in [0.25, 0.3) is 0 Å². The van der Waals surface area contributed by atoms with Crippen molar-refractivity contribution in [3.8, 4) is 22.6 Å². The highest BCUT2D eigenvalue weighted by Crippen LogP contribution is 2.44. The molecule has 2 nitrogen and oxygen atoms in total. The predicted octanol–water partition coefficient (Wildman–Crippen LogP) is 4.62. The normalized spacial score (nSPS) is 10.9. The van der Waals surface area contributed by atoms with E-state index < -0.39 is 0 Å². The van der Waals surface area contributed by atoms with Gasteiger partial charge in [-0.25, -0.2) is 0 Å². The molecule has 0 atom stereocenters. The van der Waals surface area contributed by atoms with Crippen LogP contribution in [0.2, 0.25) is 0 Å². The van der Waals surface area contributed by atoms with Gasteiger partial charge in [0.15, 0.2) is 11.5 Å². The molecule has 0 saturated carbocycles. The first-order valence-electron chi connectivity index (χ1n) is 6.86. The van der Waals surface area contributed by atoms with E-state index >= 15 is 0 Å². The molecule has 0 aliphatic heterocycles. The second kappa shape index (κ2) is 4.86. The van der Waals surface area contributed by atoms with Crippen LogP contribution in [0.4, 0.5) is 0 Å². The SMILES string of the molecule is Cc1ccc(C)c(-c2c(C)c(C)c(O)c(O)c2C)c1C. The lowest BCUT2D eigenvalue weighted by molar-refractivity contribution is 0.398. The maximum Gasteiger partial charge on any atom is 0.161 e. The molecule has 0 saturated heterocycles. The molecule has 2 heteroatoms. The van der Waals surface area contributed by atoms with E-state index in [1.54, 1.807) is 0 Å². The molecule has 0 aromatic heterocycles. The molecule has 2 aromatic carbocycles. The summed E-state index contributed by atoms with van der Waals surface area (Å²) in [6, 6.07) is 4.22. The Balaban J connectivity index is 2.95. The number of aryl methyl sites for hydroxylation is 2. The fraction of sp³-hybridized carbons (Fsp3) is 0.333. The van der Waals surface area contributed by atoms with Crippen molar-refractivity contribution in [1.29, 1.82) is 0 Å². The Bertz CT molecular complexity index is 668. The van der Waals surface area contributed by atoms with Crippen LogP contribution in [0.3, 0.4) is 0 Å². The minimum absolute atomic E-state index is 0.00768. The number of aromatic hydroxyl groups is 2. The smallest absolute Gasteiger partial charge is 0.161 e. The van der Waals surface area contributed by atoms with E-state index in [0.717, 1.165) is 22.3 Å². The third kappa shape index (κ3) is 1.96. The molecule has 2 rings (SSSR count). The van der Waals surface area contributed by atoms with Gasteiger partial charge in [0.05, 0.1) is 0 Å². The molecule has 0 radical (unpaired) electrons. The number of hydrogen-bond donors (Lipinski definition) is 2. The van der Waals surface area contributed by atoms with Crippen LogP contribution in [0.25, 0.3) is 11.1 Å². The monoisotopic (exact) mass is 270 g/mol. The molecule has 0 amide bonds. The van der Waals surface area contributed by atoms with Gasteiger partial charge in [0, 0.05) is 5.56 Å². The van der Waals surface area contributed by atoms with Crippen LogP contribution < -0.4 is 0 Å². The maximum atomic E-state index is 10.2. The molecule has 2 N–H and O–H groups in total. The van der Waals surface area contributed by atoms with Crippen LogP contribution in [0, 0.1) is 41.5 Å². The van der Waals surface area contributed by atoms with E-state index in [-0.39, 0.29) is 11.5 Å². The zero-order valence-electron chi connectivity index (χ0n) is 13.0. The fourth-order valence-corrected chi connectivity index (χ4v) is 2.83. The van der Waals surface area contributed by atoms with Crippen LogP contribution >= 0.6 is 0 Å². The molecular formula is C18H22O2. The number of rotatable bonds is 1. The number of phenols is 2. The van der Waals surface area contributed by atoms with Crippen LogP contribution in [0.5, 0.6) is 11.5 Å². The standard InChI is InChI=1S/C18H22O2/c1-9-7-8-10(2)15(11(9)3)16-12(4)13(5)17(19)18(20)14(16)6/h7-8,19-20H,1-6H3. The summed E-state index contributed by atoms with van der Waals surface area (Å²) in [5.41, 5.74) is 8.34. The lowest BCUT2D eigenvalue weighted by atomic mass is 9.85. The van der Waals surface area contributed by atoms with Gasteiger partial charge in [-0.1, -0.05) is 12.1 Å². The lowest BCUT2D eigenvalue weighted by Gasteiger charge is -2.20. The summed E-state index contributed by atoms with van der Waals surface area (Å²) in [6.45, 7) is 12.0. The van der Waals surface area contributed by atoms with Gasteiger partial charge in [-0.3, -0.25) is 0 Å². The van der Waals surface area contributed by atoms with Crippen molar-refractivity contribution in [2.75, 3.05) is 0 Å². The summed E-state index contributed by atoms with van der Waals surface area (Å²) in [4.78, 5) is 0. The highest BCUT2D eigenvalue weighted by atomic mass is 16.3. The Morgan fingerprint density at radius 1 is 0.550 bits per heavy atom. The van der Waals surface area contributed by atoms with E-state index in [4.69, 9.17) is 0 Å². The average molecular weight is 270 g/mol. The Morgan fingerprint density at radius 3 is 1.65 bits per heavy atom. The Morgan fingerprint density at radius 2 is 1.05 bits per heavy atom. The first kappa shape index (κ1) is 14.4. The van der Waals surface area contributed by atoms with Crippen molar-refractivity contribution < 1.29 is 10.2 Å². The molecule has 106 valence electrons. The summed E-state index contributed by atoms with van der Waals surface area (Å²) in [6.07, 6.45) is 0. The van der Waals surface area contributed by atoms with Crippen molar-refractivity contribution in [1.82, 2.24) is 0 Å². The summed E-state index contributed by atoms with van der Waals surface area (Å²) in [7, 11) is 0. The summed E-state index contributed by atoms with van der Waals surface area (Å²) < 4.78 is 0. The Kier molecular flexibility index (Phi) is 3.51. The second-order valence-electron chi connectivity index (χ2n) is 5.65. The largest absolute Gasteiger partial charge is 0.504 e. The van der Waals surface area contributed by atoms with Gasteiger partial charge < -0.3 is 10.2 Å². The topological polar surface area (TPSA) is 40.5 Å². The minimum Gasteiger partial charge on any atom is -0.504 e. The Labute approximate surface area is 120 Å². The number of phenolic OH excluding ortho intramolecular Hbond substituents is 2. The van der Waals surface area contributed by atoms with Crippen molar-refractivity contribution in [3.05, 3.63) is 45.5 Å². The van der Waals surface area contributed by atoms with Gasteiger partial charge in [-0.15, -0.1) is 0 Å². The molecule has 0 bridgehead atoms. The maximum absolute atomic E-state index is 10.2. The third-order valence-electron chi connectivity index (χ3n) is 4.44. The van der Waals surface area contributed by atoms with Crippen LogP contribution in [0.15, 0.2) is 12.1 Å². The molecule has 20 heavy (non-hydrogen) atoms. The van der Waals surface area contributed by atoms with E-state index in [0.29, 0.717) is 0 Å². The van der Waals surface area contributed by atoms with E-state index in [9.17, 15) is 10.2 Å². The molecule has 0 heterocycles. The predicted molar refractivity (Wildman–Crippen MR) is 83.6 cm³/mol. The summed E-state index contributed by atoms with van der Waals surface area (Å²) in [5, 5.41) is 20.1. The van der Waals surface area contributed by atoms with Gasteiger partial charge in [0.2, 0.25) is 0 Å².